The third-order valence-corrected chi connectivity index (χ3v) is 3.80. The summed E-state index contributed by atoms with van der Waals surface area (Å²) in [6, 6.07) is 16.1. The van der Waals surface area contributed by atoms with Gasteiger partial charge in [-0.15, -0.1) is 0 Å². The fourth-order valence-corrected chi connectivity index (χ4v) is 2.78. The average Bonchev–Trinajstić information content (AvgIpc) is 3.04. The van der Waals surface area contributed by atoms with Gasteiger partial charge in [-0.2, -0.15) is 0 Å². The number of nitrogens with zero attached hydrogens (tertiary/aromatic N) is 2. The molecule has 0 radical (unpaired) electrons. The van der Waals surface area contributed by atoms with Crippen molar-refractivity contribution in [2.45, 2.75) is 18.9 Å². The molecule has 0 saturated carbocycles. The van der Waals surface area contributed by atoms with Crippen LogP contribution in [0.4, 0.5) is 0 Å². The molecule has 0 bridgehead atoms. The maximum Gasteiger partial charge on any atom is 0.247 e. The number of hydrogen-bond acceptors (Lipinski definition) is 2. The van der Waals surface area contributed by atoms with E-state index in [-0.39, 0.29) is 11.9 Å². The standard InChI is InChI=1S/C18H18N2O/c21-18(12-11-16-9-4-5-13-19-16)20-14-6-10-17(20)15-7-2-1-3-8-15/h1-5,7-9,11-13,17H,6,10,14H2/b12-11+. The summed E-state index contributed by atoms with van der Waals surface area (Å²) in [4.78, 5) is 18.6. The van der Waals surface area contributed by atoms with Gasteiger partial charge in [-0.25, -0.2) is 0 Å². The fourth-order valence-electron chi connectivity index (χ4n) is 2.78. The van der Waals surface area contributed by atoms with Crippen LogP contribution in [0.15, 0.2) is 60.8 Å². The van der Waals surface area contributed by atoms with Crippen LogP contribution in [0.5, 0.6) is 0 Å². The second-order valence-electron chi connectivity index (χ2n) is 5.19. The van der Waals surface area contributed by atoms with Crippen molar-refractivity contribution in [1.82, 2.24) is 9.88 Å². The molecule has 2 heterocycles. The molecule has 1 unspecified atom stereocenters. The number of rotatable bonds is 3. The van der Waals surface area contributed by atoms with Crippen molar-refractivity contribution in [2.24, 2.45) is 0 Å². The van der Waals surface area contributed by atoms with Gasteiger partial charge < -0.3 is 4.90 Å². The first kappa shape index (κ1) is 13.6. The summed E-state index contributed by atoms with van der Waals surface area (Å²) in [5.74, 6) is 0.0620. The van der Waals surface area contributed by atoms with Gasteiger partial charge in [-0.3, -0.25) is 9.78 Å². The van der Waals surface area contributed by atoms with Gasteiger partial charge in [0.15, 0.2) is 0 Å². The zero-order valence-corrected chi connectivity index (χ0v) is 11.9. The highest BCUT2D eigenvalue weighted by molar-refractivity contribution is 5.92. The molecule has 0 N–H and O–H groups in total. The Balaban J connectivity index is 1.73. The van der Waals surface area contributed by atoms with Crippen molar-refractivity contribution < 1.29 is 4.79 Å². The Morgan fingerprint density at radius 2 is 1.95 bits per heavy atom. The molecular weight excluding hydrogens is 260 g/mol. The largest absolute Gasteiger partial charge is 0.332 e. The van der Waals surface area contributed by atoms with Crippen molar-refractivity contribution in [3.05, 3.63) is 72.1 Å². The Labute approximate surface area is 124 Å². The summed E-state index contributed by atoms with van der Waals surface area (Å²) < 4.78 is 0. The summed E-state index contributed by atoms with van der Waals surface area (Å²) in [6.07, 6.45) is 7.23. The first-order chi connectivity index (χ1) is 10.3. The Kier molecular flexibility index (Phi) is 4.10. The van der Waals surface area contributed by atoms with Crippen molar-refractivity contribution in [3.8, 4) is 0 Å². The maximum atomic E-state index is 12.4. The summed E-state index contributed by atoms with van der Waals surface area (Å²) >= 11 is 0. The van der Waals surface area contributed by atoms with E-state index in [2.05, 4.69) is 17.1 Å². The highest BCUT2D eigenvalue weighted by Crippen LogP contribution is 2.31. The highest BCUT2D eigenvalue weighted by atomic mass is 16.2. The van der Waals surface area contributed by atoms with E-state index in [1.54, 1.807) is 18.3 Å². The Morgan fingerprint density at radius 1 is 1.14 bits per heavy atom. The molecule has 3 heteroatoms. The quantitative estimate of drug-likeness (QED) is 0.806. The number of benzene rings is 1. The fraction of sp³-hybridized carbons (Fsp3) is 0.222. The van der Waals surface area contributed by atoms with Crippen molar-refractivity contribution >= 4 is 12.0 Å². The molecule has 3 rings (SSSR count). The van der Waals surface area contributed by atoms with Crippen LogP contribution in [0.25, 0.3) is 6.08 Å². The summed E-state index contributed by atoms with van der Waals surface area (Å²) in [7, 11) is 0. The number of aromatic nitrogens is 1. The summed E-state index contributed by atoms with van der Waals surface area (Å²) in [5.41, 5.74) is 2.02. The Hall–Kier alpha value is -2.42. The van der Waals surface area contributed by atoms with Crippen LogP contribution >= 0.6 is 0 Å². The highest BCUT2D eigenvalue weighted by Gasteiger charge is 2.28. The second kappa shape index (κ2) is 6.35. The van der Waals surface area contributed by atoms with Crippen LogP contribution in [0, 0.1) is 0 Å². The Morgan fingerprint density at radius 3 is 2.71 bits per heavy atom. The van der Waals surface area contributed by atoms with Crippen LogP contribution < -0.4 is 0 Å². The molecule has 0 spiro atoms. The van der Waals surface area contributed by atoms with Crippen molar-refractivity contribution in [3.63, 3.8) is 0 Å². The number of amides is 1. The van der Waals surface area contributed by atoms with Crippen molar-refractivity contribution in [1.29, 1.82) is 0 Å². The third kappa shape index (κ3) is 3.19. The van der Waals surface area contributed by atoms with Crippen LogP contribution in [0.2, 0.25) is 0 Å². The first-order valence-corrected chi connectivity index (χ1v) is 7.29. The van der Waals surface area contributed by atoms with E-state index in [0.717, 1.165) is 25.1 Å². The maximum absolute atomic E-state index is 12.4. The van der Waals surface area contributed by atoms with Gasteiger partial charge in [0.25, 0.3) is 0 Å². The molecule has 1 atom stereocenters. The zero-order chi connectivity index (χ0) is 14.5. The molecule has 1 aliphatic rings. The minimum atomic E-state index is 0.0620. The smallest absolute Gasteiger partial charge is 0.247 e. The molecule has 2 aromatic rings. The number of carbonyl (C=O) groups is 1. The third-order valence-electron chi connectivity index (χ3n) is 3.80. The van der Waals surface area contributed by atoms with Crippen LogP contribution in [0.3, 0.4) is 0 Å². The SMILES string of the molecule is O=C(/C=C/c1ccccn1)N1CCCC1c1ccccc1. The Bertz CT molecular complexity index is 622. The normalized spacial score (nSPS) is 18.3. The average molecular weight is 278 g/mol. The topological polar surface area (TPSA) is 33.2 Å². The molecule has 1 amide bonds. The molecule has 3 nitrogen and oxygen atoms in total. The monoisotopic (exact) mass is 278 g/mol. The number of pyridine rings is 1. The number of carbonyl (C=O) groups excluding carboxylic acids is 1. The van der Waals surface area contributed by atoms with Gasteiger partial charge in [0.1, 0.15) is 0 Å². The van der Waals surface area contributed by atoms with Gasteiger partial charge in [0.05, 0.1) is 11.7 Å². The van der Waals surface area contributed by atoms with E-state index < -0.39 is 0 Å². The van der Waals surface area contributed by atoms with Gasteiger partial charge in [-0.1, -0.05) is 36.4 Å². The lowest BCUT2D eigenvalue weighted by atomic mass is 10.0. The van der Waals surface area contributed by atoms with Gasteiger partial charge in [-0.05, 0) is 36.6 Å². The predicted molar refractivity (Wildman–Crippen MR) is 83.4 cm³/mol. The molecule has 1 aromatic carbocycles. The first-order valence-electron chi connectivity index (χ1n) is 7.29. The molecule has 1 fully saturated rings. The van der Waals surface area contributed by atoms with E-state index in [4.69, 9.17) is 0 Å². The van der Waals surface area contributed by atoms with Crippen LogP contribution in [-0.4, -0.2) is 22.3 Å². The lowest BCUT2D eigenvalue weighted by Gasteiger charge is -2.23. The zero-order valence-electron chi connectivity index (χ0n) is 11.9. The minimum absolute atomic E-state index is 0.0620. The molecule has 1 saturated heterocycles. The summed E-state index contributed by atoms with van der Waals surface area (Å²) in [6.45, 7) is 0.824. The van der Waals surface area contributed by atoms with E-state index in [0.29, 0.717) is 0 Å². The lowest BCUT2D eigenvalue weighted by molar-refractivity contribution is -0.126. The van der Waals surface area contributed by atoms with Crippen molar-refractivity contribution in [2.75, 3.05) is 6.54 Å². The second-order valence-corrected chi connectivity index (χ2v) is 5.19. The molecule has 0 aliphatic carbocycles. The molecule has 1 aliphatic heterocycles. The summed E-state index contributed by atoms with van der Waals surface area (Å²) in [5, 5.41) is 0. The van der Waals surface area contributed by atoms with Gasteiger partial charge in [0, 0.05) is 18.8 Å². The predicted octanol–water partition coefficient (Wildman–Crippen LogP) is 3.46. The van der Waals surface area contributed by atoms with Gasteiger partial charge >= 0.3 is 0 Å². The van der Waals surface area contributed by atoms with E-state index >= 15 is 0 Å². The molecular formula is C18H18N2O. The van der Waals surface area contributed by atoms with E-state index in [1.165, 1.54) is 5.56 Å². The van der Waals surface area contributed by atoms with Crippen LogP contribution in [-0.2, 0) is 4.79 Å². The van der Waals surface area contributed by atoms with Crippen LogP contribution in [0.1, 0.15) is 30.1 Å². The molecule has 1 aromatic heterocycles. The van der Waals surface area contributed by atoms with E-state index in [1.807, 2.05) is 41.3 Å². The lowest BCUT2D eigenvalue weighted by Crippen LogP contribution is -2.28. The minimum Gasteiger partial charge on any atom is -0.332 e. The van der Waals surface area contributed by atoms with E-state index in [9.17, 15) is 4.79 Å². The number of hydrogen-bond donors (Lipinski definition) is 0. The molecule has 106 valence electrons. The van der Waals surface area contributed by atoms with Gasteiger partial charge in [0.2, 0.25) is 5.91 Å². The molecule has 21 heavy (non-hydrogen) atoms. The number of likely N-dealkylation sites (tertiary alicyclic amines) is 1.